The highest BCUT2D eigenvalue weighted by molar-refractivity contribution is 7.85. The zero-order valence-electron chi connectivity index (χ0n) is 12.5. The highest BCUT2D eigenvalue weighted by Crippen LogP contribution is 2.23. The van der Waals surface area contributed by atoms with Gasteiger partial charge in [0.25, 0.3) is 15.7 Å². The van der Waals surface area contributed by atoms with E-state index in [1.807, 2.05) is 0 Å². The number of benzene rings is 1. The molecule has 2 aromatic rings. The van der Waals surface area contributed by atoms with Gasteiger partial charge in [0, 0.05) is 13.6 Å². The molecule has 2 rings (SSSR count). The summed E-state index contributed by atoms with van der Waals surface area (Å²) in [6, 6.07) is 7.91. The Morgan fingerprint density at radius 1 is 1.17 bits per heavy atom. The maximum absolute atomic E-state index is 12.5. The van der Waals surface area contributed by atoms with Crippen LogP contribution < -0.4 is 11.2 Å². The number of hydrogen-bond acceptors (Lipinski definition) is 7. The average Bonchev–Trinajstić information content (AvgIpc) is 2.51. The van der Waals surface area contributed by atoms with Crippen LogP contribution in [0.5, 0.6) is 5.88 Å². The molecular weight excluding hydrogens is 340 g/mol. The molecule has 0 unspecified atom stereocenters. The molecule has 24 heavy (non-hydrogen) atoms. The molecule has 2 N–H and O–H groups in total. The smallest absolute Gasteiger partial charge is 0.338 e. The number of rotatable bonds is 5. The van der Waals surface area contributed by atoms with Crippen molar-refractivity contribution in [2.45, 2.75) is 6.54 Å². The Kier molecular flexibility index (Phi) is 4.95. The summed E-state index contributed by atoms with van der Waals surface area (Å²) in [4.78, 5) is 24.8. The summed E-state index contributed by atoms with van der Waals surface area (Å²) < 4.78 is 32.0. The molecule has 0 amide bonds. The lowest BCUT2D eigenvalue weighted by molar-refractivity contribution is 0.423. The van der Waals surface area contributed by atoms with Crippen molar-refractivity contribution in [2.24, 2.45) is 10.2 Å². The van der Waals surface area contributed by atoms with E-state index in [0.717, 1.165) is 4.57 Å². The van der Waals surface area contributed by atoms with Crippen LogP contribution in [0.4, 0.5) is 5.69 Å². The van der Waals surface area contributed by atoms with Gasteiger partial charge < -0.3 is 5.11 Å². The highest BCUT2D eigenvalue weighted by Gasteiger charge is 2.20. The fourth-order valence-electron chi connectivity index (χ4n) is 2.03. The fourth-order valence-corrected chi connectivity index (χ4v) is 2.44. The summed E-state index contributed by atoms with van der Waals surface area (Å²) in [5.74, 6) is -1.56. The molecule has 0 saturated carbocycles. The first-order valence-electron chi connectivity index (χ1n) is 6.65. The molecule has 0 aliphatic carbocycles. The topological polar surface area (TPSA) is 143 Å². The number of hydrogen-bond donors (Lipinski definition) is 2. The van der Waals surface area contributed by atoms with Gasteiger partial charge in [-0.2, -0.15) is 13.5 Å². The summed E-state index contributed by atoms with van der Waals surface area (Å²) in [5, 5.41) is 17.1. The Morgan fingerprint density at radius 2 is 1.79 bits per heavy atom. The summed E-state index contributed by atoms with van der Waals surface area (Å²) in [6.45, 7) is -0.601. The molecule has 0 atom stereocenters. The van der Waals surface area contributed by atoms with Gasteiger partial charge in [0.2, 0.25) is 11.6 Å². The normalized spacial score (nSPS) is 11.9. The number of aromatic nitrogens is 2. The first kappa shape index (κ1) is 17.6. The van der Waals surface area contributed by atoms with Crippen LogP contribution in [0.25, 0.3) is 5.69 Å². The monoisotopic (exact) mass is 354 g/mol. The van der Waals surface area contributed by atoms with Gasteiger partial charge in [0.05, 0.1) is 11.4 Å². The molecule has 0 saturated heterocycles. The molecule has 11 heteroatoms. The van der Waals surface area contributed by atoms with Crippen LogP contribution in [0.2, 0.25) is 0 Å². The first-order valence-corrected chi connectivity index (χ1v) is 8.26. The minimum Gasteiger partial charge on any atom is -0.492 e. The zero-order valence-corrected chi connectivity index (χ0v) is 13.3. The molecule has 0 bridgehead atoms. The number of aromatic hydroxyl groups is 1. The van der Waals surface area contributed by atoms with Crippen molar-refractivity contribution in [3.63, 3.8) is 0 Å². The average molecular weight is 354 g/mol. The van der Waals surface area contributed by atoms with Gasteiger partial charge in [-0.15, -0.1) is 5.11 Å². The Labute approximate surface area is 136 Å². The van der Waals surface area contributed by atoms with Gasteiger partial charge >= 0.3 is 5.69 Å². The van der Waals surface area contributed by atoms with Gasteiger partial charge in [-0.1, -0.05) is 18.2 Å². The molecular formula is C13H14N4O6S. The van der Waals surface area contributed by atoms with Crippen molar-refractivity contribution < 1.29 is 18.1 Å². The van der Waals surface area contributed by atoms with E-state index >= 15 is 0 Å². The summed E-state index contributed by atoms with van der Waals surface area (Å²) >= 11 is 0. The van der Waals surface area contributed by atoms with E-state index < -0.39 is 45.2 Å². The van der Waals surface area contributed by atoms with Gasteiger partial charge in [-0.25, -0.2) is 9.36 Å². The maximum atomic E-state index is 12.5. The fraction of sp³-hybridized carbons (Fsp3) is 0.231. The van der Waals surface area contributed by atoms with E-state index in [0.29, 0.717) is 4.57 Å². The highest BCUT2D eigenvalue weighted by atomic mass is 32.2. The van der Waals surface area contributed by atoms with Crippen molar-refractivity contribution in [2.75, 3.05) is 12.8 Å². The summed E-state index contributed by atoms with van der Waals surface area (Å²) in [5.41, 5.74) is -2.26. The second-order valence-corrected chi connectivity index (χ2v) is 6.24. The number of azo groups is 1. The van der Waals surface area contributed by atoms with Gasteiger partial charge in [0.1, 0.15) is 0 Å². The second kappa shape index (κ2) is 6.76. The molecule has 0 aliphatic rings. The second-order valence-electron chi connectivity index (χ2n) is 4.67. The Bertz CT molecular complexity index is 992. The van der Waals surface area contributed by atoms with Crippen molar-refractivity contribution in [3.05, 3.63) is 51.2 Å². The molecule has 0 aliphatic heterocycles. The third-order valence-corrected chi connectivity index (χ3v) is 3.78. The van der Waals surface area contributed by atoms with Crippen LogP contribution in [-0.4, -0.2) is 40.0 Å². The molecule has 0 radical (unpaired) electrons. The number of para-hydroxylation sites is 1. The van der Waals surface area contributed by atoms with E-state index in [1.54, 1.807) is 18.2 Å². The lowest BCUT2D eigenvalue weighted by atomic mass is 10.3. The third-order valence-electron chi connectivity index (χ3n) is 3.08. The summed E-state index contributed by atoms with van der Waals surface area (Å²) in [6.07, 6.45) is 0. The molecule has 0 fully saturated rings. The van der Waals surface area contributed by atoms with E-state index in [4.69, 9.17) is 4.55 Å². The maximum Gasteiger partial charge on any atom is 0.338 e. The molecule has 1 heterocycles. The molecule has 10 nitrogen and oxygen atoms in total. The number of nitrogens with zero attached hydrogens (tertiary/aromatic N) is 4. The van der Waals surface area contributed by atoms with Gasteiger partial charge in [-0.3, -0.25) is 13.9 Å². The third kappa shape index (κ3) is 3.58. The minimum atomic E-state index is -4.39. The predicted molar refractivity (Wildman–Crippen MR) is 84.8 cm³/mol. The molecule has 1 aromatic heterocycles. The zero-order chi connectivity index (χ0) is 17.9. The molecule has 128 valence electrons. The van der Waals surface area contributed by atoms with Gasteiger partial charge in [-0.05, 0) is 12.1 Å². The lowest BCUT2D eigenvalue weighted by Crippen LogP contribution is -2.40. The Morgan fingerprint density at radius 3 is 2.33 bits per heavy atom. The molecule has 0 spiro atoms. The largest absolute Gasteiger partial charge is 0.492 e. The quantitative estimate of drug-likeness (QED) is 0.584. The lowest BCUT2D eigenvalue weighted by Gasteiger charge is -2.13. The van der Waals surface area contributed by atoms with Crippen molar-refractivity contribution in [3.8, 4) is 11.6 Å². The van der Waals surface area contributed by atoms with Crippen molar-refractivity contribution in [1.29, 1.82) is 0 Å². The standard InChI is InChI=1S/C13H14N4O6S/c1-14-15-10-11(18)16(7-8-24(21,22)23)13(20)17(12(10)19)9-5-3-2-4-6-9/h2-6,19H,7-8H2,1H3,(H,21,22,23)/b15-14-. The SMILES string of the molecule is C/N=N\c1c(O)n(-c2ccccc2)c(=O)n(CCS(=O)(=O)O)c1=O. The Hall–Kier alpha value is -2.79. The predicted octanol–water partition coefficient (Wildman–Crippen LogP) is 0.306. The Balaban J connectivity index is 2.79. The van der Waals surface area contributed by atoms with Crippen LogP contribution in [0, 0.1) is 0 Å². The first-order chi connectivity index (χ1) is 11.3. The summed E-state index contributed by atoms with van der Waals surface area (Å²) in [7, 11) is -3.13. The minimum absolute atomic E-state index is 0.244. The van der Waals surface area contributed by atoms with E-state index in [-0.39, 0.29) is 5.69 Å². The van der Waals surface area contributed by atoms with E-state index in [9.17, 15) is 23.1 Å². The van der Waals surface area contributed by atoms with E-state index in [2.05, 4.69) is 10.2 Å². The van der Waals surface area contributed by atoms with Crippen molar-refractivity contribution >= 4 is 15.8 Å². The molecule has 1 aromatic carbocycles. The van der Waals surface area contributed by atoms with Crippen molar-refractivity contribution in [1.82, 2.24) is 9.13 Å². The van der Waals surface area contributed by atoms with E-state index in [1.165, 1.54) is 19.2 Å². The van der Waals surface area contributed by atoms with Gasteiger partial charge in [0.15, 0.2) is 0 Å². The van der Waals surface area contributed by atoms with Crippen LogP contribution in [0.3, 0.4) is 0 Å². The van der Waals surface area contributed by atoms with Crippen LogP contribution in [0.1, 0.15) is 0 Å². The van der Waals surface area contributed by atoms with Crippen LogP contribution in [0.15, 0.2) is 50.1 Å². The van der Waals surface area contributed by atoms with Crippen LogP contribution >= 0.6 is 0 Å². The van der Waals surface area contributed by atoms with Crippen LogP contribution in [-0.2, 0) is 16.7 Å².